The molecule has 2 unspecified atom stereocenters. The van der Waals surface area contributed by atoms with Gasteiger partial charge in [-0.3, -0.25) is 0 Å². The second-order valence-electron chi connectivity index (χ2n) is 4.89. The summed E-state index contributed by atoms with van der Waals surface area (Å²) < 4.78 is 0. The zero-order valence-corrected chi connectivity index (χ0v) is 10.2. The monoisotopic (exact) mass is 219 g/mol. The molecule has 2 rings (SSSR count). The van der Waals surface area contributed by atoms with Crippen LogP contribution in [0.2, 0.25) is 0 Å². The standard InChI is InChI=1S/C14H21NO/c1-3-14(16,12-7-5-4-6-8-12)13-9-10-15(2)11-13/h4-8,13,16H,3,9-11H2,1-2H3. The van der Waals surface area contributed by atoms with E-state index < -0.39 is 5.60 Å². The molecule has 0 spiro atoms. The van der Waals surface area contributed by atoms with Crippen LogP contribution in [0.5, 0.6) is 0 Å². The van der Waals surface area contributed by atoms with Crippen molar-refractivity contribution in [2.75, 3.05) is 20.1 Å². The van der Waals surface area contributed by atoms with Crippen LogP contribution in [-0.2, 0) is 5.60 Å². The SMILES string of the molecule is CCC(O)(c1ccccc1)C1CCN(C)C1. The average Bonchev–Trinajstić information content (AvgIpc) is 2.76. The van der Waals surface area contributed by atoms with Crippen molar-refractivity contribution in [3.8, 4) is 0 Å². The lowest BCUT2D eigenvalue weighted by Gasteiger charge is -2.33. The van der Waals surface area contributed by atoms with E-state index in [2.05, 4.69) is 18.9 Å². The number of likely N-dealkylation sites (tertiary alicyclic amines) is 1. The molecule has 1 aliphatic rings. The third-order valence-electron chi connectivity index (χ3n) is 3.88. The van der Waals surface area contributed by atoms with Gasteiger partial charge in [0.2, 0.25) is 0 Å². The van der Waals surface area contributed by atoms with Crippen molar-refractivity contribution in [1.82, 2.24) is 4.90 Å². The number of rotatable bonds is 3. The fraction of sp³-hybridized carbons (Fsp3) is 0.571. The van der Waals surface area contributed by atoms with Crippen molar-refractivity contribution in [3.63, 3.8) is 0 Å². The van der Waals surface area contributed by atoms with Crippen LogP contribution in [0.3, 0.4) is 0 Å². The number of hydrogen-bond donors (Lipinski definition) is 1. The number of nitrogens with zero attached hydrogens (tertiary/aromatic N) is 1. The molecule has 1 aromatic rings. The second-order valence-corrected chi connectivity index (χ2v) is 4.89. The molecule has 1 N–H and O–H groups in total. The lowest BCUT2D eigenvalue weighted by Crippen LogP contribution is -2.36. The molecule has 0 aromatic heterocycles. The maximum Gasteiger partial charge on any atom is 0.0934 e. The van der Waals surface area contributed by atoms with Crippen LogP contribution in [0.15, 0.2) is 30.3 Å². The lowest BCUT2D eigenvalue weighted by atomic mass is 9.79. The van der Waals surface area contributed by atoms with Gasteiger partial charge in [-0.2, -0.15) is 0 Å². The minimum absolute atomic E-state index is 0.366. The summed E-state index contributed by atoms with van der Waals surface area (Å²) in [5, 5.41) is 10.9. The Morgan fingerprint density at radius 1 is 1.38 bits per heavy atom. The molecule has 16 heavy (non-hydrogen) atoms. The molecule has 1 aliphatic heterocycles. The third-order valence-corrected chi connectivity index (χ3v) is 3.88. The maximum absolute atomic E-state index is 10.9. The summed E-state index contributed by atoms with van der Waals surface area (Å²) in [6.07, 6.45) is 1.88. The van der Waals surface area contributed by atoms with E-state index >= 15 is 0 Å². The summed E-state index contributed by atoms with van der Waals surface area (Å²) in [5.74, 6) is 0.366. The van der Waals surface area contributed by atoms with Crippen LogP contribution in [0.25, 0.3) is 0 Å². The highest BCUT2D eigenvalue weighted by atomic mass is 16.3. The Hall–Kier alpha value is -0.860. The highest BCUT2D eigenvalue weighted by Crippen LogP contribution is 2.37. The van der Waals surface area contributed by atoms with Crippen LogP contribution in [0, 0.1) is 5.92 Å². The first-order chi connectivity index (χ1) is 7.66. The molecule has 1 saturated heterocycles. The first kappa shape index (κ1) is 11.6. The van der Waals surface area contributed by atoms with E-state index in [1.807, 2.05) is 30.3 Å². The van der Waals surface area contributed by atoms with Gasteiger partial charge in [0.15, 0.2) is 0 Å². The van der Waals surface area contributed by atoms with E-state index in [-0.39, 0.29) is 0 Å². The lowest BCUT2D eigenvalue weighted by molar-refractivity contribution is -0.0234. The molecule has 88 valence electrons. The fourth-order valence-corrected chi connectivity index (χ4v) is 2.78. The Kier molecular flexibility index (Phi) is 3.31. The van der Waals surface area contributed by atoms with Gasteiger partial charge in [-0.25, -0.2) is 0 Å². The van der Waals surface area contributed by atoms with Crippen molar-refractivity contribution in [2.24, 2.45) is 5.92 Å². The van der Waals surface area contributed by atoms with Crippen LogP contribution >= 0.6 is 0 Å². The van der Waals surface area contributed by atoms with Gasteiger partial charge in [0, 0.05) is 12.5 Å². The van der Waals surface area contributed by atoms with Crippen LogP contribution in [-0.4, -0.2) is 30.1 Å². The Bertz CT molecular complexity index is 338. The predicted molar refractivity (Wildman–Crippen MR) is 66.2 cm³/mol. The summed E-state index contributed by atoms with van der Waals surface area (Å²) in [4.78, 5) is 2.30. The maximum atomic E-state index is 10.9. The Morgan fingerprint density at radius 2 is 2.06 bits per heavy atom. The summed E-state index contributed by atoms with van der Waals surface area (Å²) in [6.45, 7) is 4.17. The minimum atomic E-state index is -0.647. The van der Waals surface area contributed by atoms with Gasteiger partial charge in [-0.15, -0.1) is 0 Å². The first-order valence-corrected chi connectivity index (χ1v) is 6.13. The molecule has 0 radical (unpaired) electrons. The first-order valence-electron chi connectivity index (χ1n) is 6.13. The Morgan fingerprint density at radius 3 is 2.56 bits per heavy atom. The van der Waals surface area contributed by atoms with Gasteiger partial charge >= 0.3 is 0 Å². The Labute approximate surface area is 97.9 Å². The third kappa shape index (κ3) is 2.00. The van der Waals surface area contributed by atoms with Crippen LogP contribution in [0.1, 0.15) is 25.3 Å². The smallest absolute Gasteiger partial charge is 0.0934 e. The van der Waals surface area contributed by atoms with Crippen molar-refractivity contribution in [2.45, 2.75) is 25.4 Å². The summed E-state index contributed by atoms with van der Waals surface area (Å²) in [7, 11) is 2.13. The van der Waals surface area contributed by atoms with Crippen molar-refractivity contribution in [1.29, 1.82) is 0 Å². The van der Waals surface area contributed by atoms with Gasteiger partial charge < -0.3 is 10.0 Å². The zero-order valence-electron chi connectivity index (χ0n) is 10.2. The van der Waals surface area contributed by atoms with Gasteiger partial charge in [-0.1, -0.05) is 37.3 Å². The molecule has 1 aromatic carbocycles. The fourth-order valence-electron chi connectivity index (χ4n) is 2.78. The van der Waals surface area contributed by atoms with E-state index in [0.29, 0.717) is 5.92 Å². The van der Waals surface area contributed by atoms with Gasteiger partial charge in [-0.05, 0) is 32.0 Å². The van der Waals surface area contributed by atoms with E-state index in [4.69, 9.17) is 0 Å². The normalized spacial score (nSPS) is 25.6. The number of aliphatic hydroxyl groups is 1. The average molecular weight is 219 g/mol. The quantitative estimate of drug-likeness (QED) is 0.842. The molecule has 1 heterocycles. The molecule has 0 bridgehead atoms. The molecule has 2 nitrogen and oxygen atoms in total. The Balaban J connectivity index is 2.26. The topological polar surface area (TPSA) is 23.5 Å². The number of benzene rings is 1. The van der Waals surface area contributed by atoms with E-state index in [9.17, 15) is 5.11 Å². The van der Waals surface area contributed by atoms with E-state index in [1.54, 1.807) is 0 Å². The van der Waals surface area contributed by atoms with E-state index in [0.717, 1.165) is 31.5 Å². The van der Waals surface area contributed by atoms with E-state index in [1.165, 1.54) is 0 Å². The van der Waals surface area contributed by atoms with Crippen molar-refractivity contribution < 1.29 is 5.11 Å². The highest BCUT2D eigenvalue weighted by Gasteiger charge is 2.39. The molecule has 0 aliphatic carbocycles. The van der Waals surface area contributed by atoms with Gasteiger partial charge in [0.05, 0.1) is 5.60 Å². The molecule has 2 atom stereocenters. The second kappa shape index (κ2) is 4.56. The van der Waals surface area contributed by atoms with Crippen molar-refractivity contribution >= 4 is 0 Å². The molecular weight excluding hydrogens is 198 g/mol. The predicted octanol–water partition coefficient (Wildman–Crippen LogP) is 2.24. The van der Waals surface area contributed by atoms with Gasteiger partial charge in [0.25, 0.3) is 0 Å². The molecule has 0 amide bonds. The minimum Gasteiger partial charge on any atom is -0.385 e. The highest BCUT2D eigenvalue weighted by molar-refractivity contribution is 5.23. The molecule has 0 saturated carbocycles. The zero-order chi connectivity index (χ0) is 11.6. The summed E-state index contributed by atoms with van der Waals surface area (Å²) in [6, 6.07) is 10.1. The summed E-state index contributed by atoms with van der Waals surface area (Å²) >= 11 is 0. The molecule has 2 heteroatoms. The van der Waals surface area contributed by atoms with Crippen molar-refractivity contribution in [3.05, 3.63) is 35.9 Å². The number of hydrogen-bond acceptors (Lipinski definition) is 2. The molecule has 1 fully saturated rings. The van der Waals surface area contributed by atoms with Crippen LogP contribution in [0.4, 0.5) is 0 Å². The van der Waals surface area contributed by atoms with Crippen LogP contribution < -0.4 is 0 Å². The summed E-state index contributed by atoms with van der Waals surface area (Å²) in [5.41, 5.74) is 0.421. The largest absolute Gasteiger partial charge is 0.385 e. The van der Waals surface area contributed by atoms with Gasteiger partial charge in [0.1, 0.15) is 0 Å². The molecular formula is C14H21NO.